The van der Waals surface area contributed by atoms with Gasteiger partial charge in [-0.05, 0) is 19.3 Å². The summed E-state index contributed by atoms with van der Waals surface area (Å²) in [5.74, 6) is 1.35. The van der Waals surface area contributed by atoms with Gasteiger partial charge in [0.2, 0.25) is 0 Å². The summed E-state index contributed by atoms with van der Waals surface area (Å²) in [7, 11) is 0. The molecule has 1 saturated heterocycles. The van der Waals surface area contributed by atoms with Crippen LogP contribution in [0.3, 0.4) is 0 Å². The van der Waals surface area contributed by atoms with Gasteiger partial charge in [0.05, 0.1) is 6.10 Å². The third kappa shape index (κ3) is 3.56. The molecule has 1 atom stereocenters. The molecule has 0 amide bonds. The molecule has 2 rings (SSSR count). The van der Waals surface area contributed by atoms with Gasteiger partial charge in [0.15, 0.2) is 0 Å². The van der Waals surface area contributed by atoms with Gasteiger partial charge in [-0.2, -0.15) is 0 Å². The average Bonchev–Trinajstić information content (AvgIpc) is 2.37. The molecular weight excluding hydrogens is 218 g/mol. The van der Waals surface area contributed by atoms with E-state index >= 15 is 0 Å². The van der Waals surface area contributed by atoms with E-state index in [2.05, 4.69) is 15.3 Å². The number of anilines is 1. The maximum absolute atomic E-state index is 11.4. The topological polar surface area (TPSA) is 67.0 Å². The van der Waals surface area contributed by atoms with Crippen LogP contribution in [-0.4, -0.2) is 29.2 Å². The number of hydrogen-bond donors (Lipinski definition) is 2. The quantitative estimate of drug-likeness (QED) is 0.828. The van der Waals surface area contributed by atoms with Crippen molar-refractivity contribution in [2.24, 2.45) is 0 Å². The average molecular weight is 237 g/mol. The van der Waals surface area contributed by atoms with E-state index in [0.717, 1.165) is 32.4 Å². The van der Waals surface area contributed by atoms with Crippen LogP contribution in [0.2, 0.25) is 0 Å². The van der Waals surface area contributed by atoms with E-state index in [1.165, 1.54) is 12.5 Å². The molecule has 5 heteroatoms. The van der Waals surface area contributed by atoms with E-state index in [0.29, 0.717) is 11.6 Å². The summed E-state index contributed by atoms with van der Waals surface area (Å²) in [5, 5.41) is 3.17. The second kappa shape index (κ2) is 5.82. The molecule has 1 aliphatic rings. The zero-order chi connectivity index (χ0) is 12.1. The van der Waals surface area contributed by atoms with Gasteiger partial charge >= 0.3 is 0 Å². The Morgan fingerprint density at radius 3 is 3.18 bits per heavy atom. The summed E-state index contributed by atoms with van der Waals surface area (Å²) in [5.41, 5.74) is -0.107. The lowest BCUT2D eigenvalue weighted by Gasteiger charge is -2.22. The summed E-state index contributed by atoms with van der Waals surface area (Å²) in [6.45, 7) is 3.53. The summed E-state index contributed by atoms with van der Waals surface area (Å²) < 4.78 is 5.61. The number of ether oxygens (including phenoxy) is 1. The van der Waals surface area contributed by atoms with Crippen molar-refractivity contribution >= 4 is 5.82 Å². The molecule has 94 valence electrons. The van der Waals surface area contributed by atoms with Crippen molar-refractivity contribution in [2.75, 3.05) is 18.5 Å². The van der Waals surface area contributed by atoms with Crippen LogP contribution < -0.4 is 10.9 Å². The molecule has 0 saturated carbocycles. The Morgan fingerprint density at radius 2 is 2.47 bits per heavy atom. The molecule has 17 heavy (non-hydrogen) atoms. The van der Waals surface area contributed by atoms with Crippen LogP contribution in [0.15, 0.2) is 10.9 Å². The van der Waals surface area contributed by atoms with Gasteiger partial charge in [-0.1, -0.05) is 6.92 Å². The van der Waals surface area contributed by atoms with Crippen LogP contribution in [0.4, 0.5) is 5.82 Å². The SMILES string of the molecule is CCc1nc(NCC2CCCCO2)cc(=O)[nH]1. The van der Waals surface area contributed by atoms with Gasteiger partial charge in [-0.15, -0.1) is 0 Å². The summed E-state index contributed by atoms with van der Waals surface area (Å²) in [6, 6.07) is 1.49. The minimum Gasteiger partial charge on any atom is -0.376 e. The van der Waals surface area contributed by atoms with Crippen LogP contribution in [0.1, 0.15) is 32.0 Å². The van der Waals surface area contributed by atoms with E-state index in [9.17, 15) is 4.79 Å². The molecule has 1 fully saturated rings. The molecule has 0 aromatic carbocycles. The molecule has 1 aliphatic heterocycles. The smallest absolute Gasteiger partial charge is 0.252 e. The number of nitrogens with one attached hydrogen (secondary N) is 2. The highest BCUT2D eigenvalue weighted by Gasteiger charge is 2.13. The maximum atomic E-state index is 11.4. The molecule has 1 aromatic rings. The number of aromatic amines is 1. The fourth-order valence-corrected chi connectivity index (χ4v) is 1.95. The predicted molar refractivity (Wildman–Crippen MR) is 66.3 cm³/mol. The van der Waals surface area contributed by atoms with E-state index in [1.807, 2.05) is 6.92 Å². The van der Waals surface area contributed by atoms with Crippen molar-refractivity contribution in [3.05, 3.63) is 22.2 Å². The van der Waals surface area contributed by atoms with Crippen LogP contribution >= 0.6 is 0 Å². The van der Waals surface area contributed by atoms with Crippen LogP contribution in [0, 0.1) is 0 Å². The van der Waals surface area contributed by atoms with Gasteiger partial charge in [0, 0.05) is 25.6 Å². The van der Waals surface area contributed by atoms with Gasteiger partial charge in [0.25, 0.3) is 5.56 Å². The lowest BCUT2D eigenvalue weighted by atomic mass is 10.1. The second-order valence-corrected chi connectivity index (χ2v) is 4.30. The van der Waals surface area contributed by atoms with E-state index in [-0.39, 0.29) is 11.7 Å². The summed E-state index contributed by atoms with van der Waals surface area (Å²) >= 11 is 0. The number of H-pyrrole nitrogens is 1. The summed E-state index contributed by atoms with van der Waals surface area (Å²) in [4.78, 5) is 18.4. The highest BCUT2D eigenvalue weighted by atomic mass is 16.5. The highest BCUT2D eigenvalue weighted by molar-refractivity contribution is 5.33. The van der Waals surface area contributed by atoms with E-state index in [1.54, 1.807) is 0 Å². The minimum atomic E-state index is -0.107. The Labute approximate surface area is 101 Å². The van der Waals surface area contributed by atoms with Gasteiger partial charge in [0.1, 0.15) is 11.6 Å². The number of aryl methyl sites for hydroxylation is 1. The molecule has 1 aromatic heterocycles. The minimum absolute atomic E-state index is 0.107. The largest absolute Gasteiger partial charge is 0.376 e. The number of hydrogen-bond acceptors (Lipinski definition) is 4. The molecular formula is C12H19N3O2. The lowest BCUT2D eigenvalue weighted by molar-refractivity contribution is 0.0247. The van der Waals surface area contributed by atoms with Crippen molar-refractivity contribution in [1.82, 2.24) is 9.97 Å². The Morgan fingerprint density at radius 1 is 1.59 bits per heavy atom. The molecule has 0 bridgehead atoms. The first kappa shape index (κ1) is 12.1. The number of nitrogens with zero attached hydrogens (tertiary/aromatic N) is 1. The molecule has 2 heterocycles. The predicted octanol–water partition coefficient (Wildman–Crippen LogP) is 1.31. The second-order valence-electron chi connectivity index (χ2n) is 4.30. The molecule has 5 nitrogen and oxygen atoms in total. The van der Waals surface area contributed by atoms with E-state index in [4.69, 9.17) is 4.74 Å². The first-order chi connectivity index (χ1) is 8.28. The Balaban J connectivity index is 1.93. The van der Waals surface area contributed by atoms with Gasteiger partial charge < -0.3 is 15.0 Å². The normalized spacial score (nSPS) is 20.2. The molecule has 2 N–H and O–H groups in total. The van der Waals surface area contributed by atoms with Crippen molar-refractivity contribution in [3.8, 4) is 0 Å². The monoisotopic (exact) mass is 237 g/mol. The third-order valence-electron chi connectivity index (χ3n) is 2.91. The van der Waals surface area contributed by atoms with Crippen LogP contribution in [0.25, 0.3) is 0 Å². The first-order valence-electron chi connectivity index (χ1n) is 6.23. The number of aromatic nitrogens is 2. The highest BCUT2D eigenvalue weighted by Crippen LogP contribution is 2.13. The van der Waals surface area contributed by atoms with Crippen LogP contribution in [0.5, 0.6) is 0 Å². The van der Waals surface area contributed by atoms with Gasteiger partial charge in [-0.25, -0.2) is 4.98 Å². The van der Waals surface area contributed by atoms with E-state index < -0.39 is 0 Å². The molecule has 1 unspecified atom stereocenters. The lowest BCUT2D eigenvalue weighted by Crippen LogP contribution is -2.27. The van der Waals surface area contributed by atoms with Crippen molar-refractivity contribution in [2.45, 2.75) is 38.7 Å². The zero-order valence-electron chi connectivity index (χ0n) is 10.2. The fraction of sp³-hybridized carbons (Fsp3) is 0.667. The standard InChI is InChI=1S/C12H19N3O2/c1-2-10-14-11(7-12(16)15-10)13-8-9-5-3-4-6-17-9/h7,9H,2-6,8H2,1H3,(H2,13,14,15,16). The van der Waals surface area contributed by atoms with Crippen molar-refractivity contribution in [1.29, 1.82) is 0 Å². The molecule has 0 spiro atoms. The summed E-state index contributed by atoms with van der Waals surface area (Å²) in [6.07, 6.45) is 4.42. The Kier molecular flexibility index (Phi) is 4.14. The molecule has 0 radical (unpaired) electrons. The zero-order valence-corrected chi connectivity index (χ0v) is 10.2. The van der Waals surface area contributed by atoms with Gasteiger partial charge in [-0.3, -0.25) is 4.79 Å². The first-order valence-corrected chi connectivity index (χ1v) is 6.23. The van der Waals surface area contributed by atoms with Crippen molar-refractivity contribution in [3.63, 3.8) is 0 Å². The Hall–Kier alpha value is -1.36. The fourth-order valence-electron chi connectivity index (χ4n) is 1.95. The van der Waals surface area contributed by atoms with Crippen molar-refractivity contribution < 1.29 is 4.74 Å². The maximum Gasteiger partial charge on any atom is 0.252 e. The Bertz CT molecular complexity index is 410. The number of rotatable bonds is 4. The third-order valence-corrected chi connectivity index (χ3v) is 2.91. The van der Waals surface area contributed by atoms with Crippen LogP contribution in [-0.2, 0) is 11.2 Å². The molecule has 0 aliphatic carbocycles.